The molecule has 1 saturated heterocycles. The van der Waals surface area contributed by atoms with Crippen LogP contribution in [-0.4, -0.2) is 53.8 Å². The number of hydrogen-bond donors (Lipinski definition) is 1. The summed E-state index contributed by atoms with van der Waals surface area (Å²) in [6.07, 6.45) is -0.306. The van der Waals surface area contributed by atoms with Gasteiger partial charge in [0, 0.05) is 6.61 Å². The zero-order valence-corrected chi connectivity index (χ0v) is 15.9. The minimum Gasteiger partial charge on any atom is -0.444 e. The fraction of sp³-hybridized carbons (Fsp3) is 0.474. The van der Waals surface area contributed by atoms with Crippen LogP contribution in [0.5, 0.6) is 0 Å². The van der Waals surface area contributed by atoms with Gasteiger partial charge in [-0.05, 0) is 39.3 Å². The number of rotatable bonds is 3. The van der Waals surface area contributed by atoms with Crippen LogP contribution in [0.15, 0.2) is 24.3 Å². The number of carbonyl (C=O) groups is 4. The summed E-state index contributed by atoms with van der Waals surface area (Å²) in [4.78, 5) is 54.5. The molecule has 2 heterocycles. The second-order valence-corrected chi connectivity index (χ2v) is 7.58. The molecule has 2 atom stereocenters. The predicted molar refractivity (Wildman–Crippen MR) is 95.1 cm³/mol. The zero-order chi connectivity index (χ0) is 20.5. The lowest BCUT2D eigenvalue weighted by molar-refractivity contribution is -0.179. The second kappa shape index (κ2) is 7.59. The number of ether oxygens (including phenoxy) is 2. The average Bonchev–Trinajstić information content (AvgIpc) is 2.86. The number of nitrogens with one attached hydrogen (secondary N) is 1. The van der Waals surface area contributed by atoms with Crippen molar-refractivity contribution in [3.05, 3.63) is 35.4 Å². The average molecular weight is 390 g/mol. The van der Waals surface area contributed by atoms with Crippen molar-refractivity contribution >= 4 is 23.9 Å². The van der Waals surface area contributed by atoms with E-state index in [-0.39, 0.29) is 17.7 Å². The Bertz CT molecular complexity index is 780. The topological polar surface area (TPSA) is 111 Å². The number of benzene rings is 1. The molecule has 9 nitrogen and oxygen atoms in total. The monoisotopic (exact) mass is 390 g/mol. The van der Waals surface area contributed by atoms with Crippen LogP contribution in [-0.2, 0) is 19.1 Å². The van der Waals surface area contributed by atoms with Crippen LogP contribution in [0.3, 0.4) is 0 Å². The Kier molecular flexibility index (Phi) is 5.37. The van der Waals surface area contributed by atoms with Crippen LogP contribution in [0.25, 0.3) is 0 Å². The first-order chi connectivity index (χ1) is 13.2. The molecule has 1 aromatic rings. The molecule has 3 rings (SSSR count). The lowest BCUT2D eigenvalue weighted by Crippen LogP contribution is -2.51. The van der Waals surface area contributed by atoms with Gasteiger partial charge in [0.25, 0.3) is 11.8 Å². The number of imide groups is 1. The van der Waals surface area contributed by atoms with E-state index in [1.807, 2.05) is 0 Å². The minimum atomic E-state index is -0.884. The maximum Gasteiger partial charge on any atom is 0.407 e. The maximum atomic E-state index is 12.6. The van der Waals surface area contributed by atoms with Crippen LogP contribution in [0.2, 0.25) is 0 Å². The Morgan fingerprint density at radius 1 is 1.14 bits per heavy atom. The van der Waals surface area contributed by atoms with E-state index in [1.165, 1.54) is 12.1 Å². The first-order valence-corrected chi connectivity index (χ1v) is 8.94. The first kappa shape index (κ1) is 19.8. The van der Waals surface area contributed by atoms with Gasteiger partial charge in [0.05, 0.1) is 23.8 Å². The van der Waals surface area contributed by atoms with Crippen molar-refractivity contribution in [1.82, 2.24) is 10.4 Å². The van der Waals surface area contributed by atoms with Gasteiger partial charge in [-0.15, -0.1) is 0 Å². The summed E-state index contributed by atoms with van der Waals surface area (Å²) in [6.45, 7) is 5.51. The zero-order valence-electron chi connectivity index (χ0n) is 15.9. The lowest BCUT2D eigenvalue weighted by atomic mass is 9.96. The molecule has 9 heteroatoms. The molecule has 3 amide bonds. The largest absolute Gasteiger partial charge is 0.444 e. The Morgan fingerprint density at radius 2 is 1.75 bits per heavy atom. The van der Waals surface area contributed by atoms with Crippen molar-refractivity contribution in [2.24, 2.45) is 5.92 Å². The fourth-order valence-corrected chi connectivity index (χ4v) is 3.01. The number of nitrogens with zero attached hydrogens (tertiary/aromatic N) is 1. The highest BCUT2D eigenvalue weighted by Crippen LogP contribution is 2.25. The van der Waals surface area contributed by atoms with Gasteiger partial charge < -0.3 is 19.6 Å². The summed E-state index contributed by atoms with van der Waals surface area (Å²) in [5.41, 5.74) is -0.349. The third-order valence-electron chi connectivity index (χ3n) is 4.30. The summed E-state index contributed by atoms with van der Waals surface area (Å²) in [5, 5.41) is 3.09. The van der Waals surface area contributed by atoms with Crippen LogP contribution in [0, 0.1) is 5.92 Å². The van der Waals surface area contributed by atoms with Crippen molar-refractivity contribution in [3.8, 4) is 0 Å². The second-order valence-electron chi connectivity index (χ2n) is 7.58. The van der Waals surface area contributed by atoms with E-state index in [1.54, 1.807) is 32.9 Å². The van der Waals surface area contributed by atoms with Gasteiger partial charge in [-0.2, -0.15) is 0 Å². The number of carbonyl (C=O) groups excluding carboxylic acids is 4. The fourth-order valence-electron chi connectivity index (χ4n) is 3.01. The van der Waals surface area contributed by atoms with Gasteiger partial charge in [0.15, 0.2) is 0 Å². The number of hydrogen-bond acceptors (Lipinski definition) is 7. The molecular formula is C19H22N2O7. The molecule has 0 radical (unpaired) electrons. The van der Waals surface area contributed by atoms with Crippen LogP contribution in [0.4, 0.5) is 4.79 Å². The third kappa shape index (κ3) is 4.14. The summed E-state index contributed by atoms with van der Waals surface area (Å²) in [6, 6.07) is 5.60. The molecule has 0 unspecified atom stereocenters. The summed E-state index contributed by atoms with van der Waals surface area (Å²) >= 11 is 0. The van der Waals surface area contributed by atoms with E-state index < -0.39 is 41.4 Å². The van der Waals surface area contributed by atoms with Gasteiger partial charge in [0.1, 0.15) is 11.5 Å². The number of fused-ring (bicyclic) bond motifs is 1. The summed E-state index contributed by atoms with van der Waals surface area (Å²) in [7, 11) is 0. The first-order valence-electron chi connectivity index (χ1n) is 8.94. The van der Waals surface area contributed by atoms with Crippen molar-refractivity contribution in [2.45, 2.75) is 38.8 Å². The Morgan fingerprint density at radius 3 is 2.32 bits per heavy atom. The van der Waals surface area contributed by atoms with E-state index in [9.17, 15) is 19.2 Å². The van der Waals surface area contributed by atoms with Crippen molar-refractivity contribution in [1.29, 1.82) is 0 Å². The number of amides is 3. The molecule has 0 spiro atoms. The van der Waals surface area contributed by atoms with Crippen LogP contribution < -0.4 is 5.32 Å². The molecule has 1 aromatic carbocycles. The maximum absolute atomic E-state index is 12.6. The van der Waals surface area contributed by atoms with Gasteiger partial charge >= 0.3 is 12.1 Å². The van der Waals surface area contributed by atoms with Crippen molar-refractivity contribution < 1.29 is 33.5 Å². The third-order valence-corrected chi connectivity index (χ3v) is 4.30. The van der Waals surface area contributed by atoms with Crippen molar-refractivity contribution in [2.75, 3.05) is 13.2 Å². The highest BCUT2D eigenvalue weighted by molar-refractivity contribution is 6.20. The van der Waals surface area contributed by atoms with Gasteiger partial charge in [-0.3, -0.25) is 9.59 Å². The molecule has 0 bridgehead atoms. The van der Waals surface area contributed by atoms with E-state index >= 15 is 0 Å². The van der Waals surface area contributed by atoms with E-state index in [4.69, 9.17) is 14.3 Å². The molecule has 2 aliphatic heterocycles. The minimum absolute atomic E-state index is 0.0114. The number of alkyl carbamates (subject to hydrolysis) is 1. The summed E-state index contributed by atoms with van der Waals surface area (Å²) in [5.74, 6) is -3.13. The standard InChI is InChI=1S/C19H22N2O7/c1-19(2,3)27-18(25)20-14-8-9-26-10-13(14)17(24)28-21-15(22)11-6-4-5-7-12(11)16(21)23/h4-7,13-14H,8-10H2,1-3H3,(H,20,25)/t13-,14+/m1/s1. The molecular weight excluding hydrogens is 368 g/mol. The molecule has 1 N–H and O–H groups in total. The molecule has 0 saturated carbocycles. The lowest BCUT2D eigenvalue weighted by Gasteiger charge is -2.31. The Labute approximate surface area is 161 Å². The molecule has 1 fully saturated rings. The number of hydroxylamine groups is 2. The quantitative estimate of drug-likeness (QED) is 0.782. The molecule has 28 heavy (non-hydrogen) atoms. The Balaban J connectivity index is 1.68. The summed E-state index contributed by atoms with van der Waals surface area (Å²) < 4.78 is 10.5. The van der Waals surface area contributed by atoms with Gasteiger partial charge in [0.2, 0.25) is 0 Å². The normalized spacial score (nSPS) is 21.9. The predicted octanol–water partition coefficient (Wildman–Crippen LogP) is 1.67. The molecule has 0 aromatic heterocycles. The highest BCUT2D eigenvalue weighted by atomic mass is 16.7. The van der Waals surface area contributed by atoms with E-state index in [0.717, 1.165) is 0 Å². The highest BCUT2D eigenvalue weighted by Gasteiger charge is 2.42. The van der Waals surface area contributed by atoms with Crippen LogP contribution >= 0.6 is 0 Å². The molecule has 150 valence electrons. The molecule has 2 aliphatic rings. The Hall–Kier alpha value is -2.94. The van der Waals surface area contributed by atoms with E-state index in [2.05, 4.69) is 5.32 Å². The van der Waals surface area contributed by atoms with Crippen LogP contribution in [0.1, 0.15) is 47.9 Å². The smallest absolute Gasteiger partial charge is 0.407 e. The van der Waals surface area contributed by atoms with Gasteiger partial charge in [-0.25, -0.2) is 9.59 Å². The SMILES string of the molecule is CC(C)(C)OC(=O)N[C@H]1CCOC[C@H]1C(=O)ON1C(=O)c2ccccc2C1=O. The van der Waals surface area contributed by atoms with E-state index in [0.29, 0.717) is 18.1 Å². The molecule has 0 aliphatic carbocycles. The van der Waals surface area contributed by atoms with Crippen molar-refractivity contribution in [3.63, 3.8) is 0 Å². The van der Waals surface area contributed by atoms with Gasteiger partial charge in [-0.1, -0.05) is 17.2 Å².